The minimum absolute atomic E-state index is 0.0819. The van der Waals surface area contributed by atoms with Gasteiger partial charge in [0.25, 0.3) is 5.91 Å². The maximum absolute atomic E-state index is 12.7. The third kappa shape index (κ3) is 3.16. The number of carbonyl (C=O) groups is 1. The second-order valence-corrected chi connectivity index (χ2v) is 7.80. The zero-order valence-corrected chi connectivity index (χ0v) is 15.9. The first-order chi connectivity index (χ1) is 13.8. The van der Waals surface area contributed by atoms with Crippen LogP contribution < -0.4 is 0 Å². The highest BCUT2D eigenvalue weighted by molar-refractivity contribution is 7.13. The van der Waals surface area contributed by atoms with E-state index in [9.17, 15) is 4.79 Å². The number of amides is 1. The molecule has 1 unspecified atom stereocenters. The summed E-state index contributed by atoms with van der Waals surface area (Å²) in [4.78, 5) is 28.6. The van der Waals surface area contributed by atoms with Gasteiger partial charge in [0, 0.05) is 48.0 Å². The van der Waals surface area contributed by atoms with E-state index >= 15 is 0 Å². The van der Waals surface area contributed by atoms with Crippen molar-refractivity contribution in [1.29, 1.82) is 0 Å². The molecule has 140 valence electrons. The van der Waals surface area contributed by atoms with E-state index in [-0.39, 0.29) is 11.8 Å². The molecule has 1 saturated heterocycles. The Morgan fingerprint density at radius 3 is 3.00 bits per heavy atom. The van der Waals surface area contributed by atoms with Gasteiger partial charge in [-0.1, -0.05) is 6.07 Å². The summed E-state index contributed by atoms with van der Waals surface area (Å²) in [6.45, 7) is 1.33. The third-order valence-corrected chi connectivity index (χ3v) is 5.93. The van der Waals surface area contributed by atoms with Gasteiger partial charge in [-0.2, -0.15) is 5.10 Å². The highest BCUT2D eigenvalue weighted by atomic mass is 32.1. The van der Waals surface area contributed by atoms with Crippen molar-refractivity contribution in [3.05, 3.63) is 66.0 Å². The first-order valence-electron chi connectivity index (χ1n) is 9.23. The molecule has 28 heavy (non-hydrogen) atoms. The van der Waals surface area contributed by atoms with E-state index in [1.54, 1.807) is 23.7 Å². The van der Waals surface area contributed by atoms with E-state index in [0.29, 0.717) is 12.2 Å². The van der Waals surface area contributed by atoms with E-state index in [2.05, 4.69) is 27.5 Å². The average molecular weight is 390 g/mol. The van der Waals surface area contributed by atoms with Gasteiger partial charge in [0.1, 0.15) is 5.69 Å². The summed E-state index contributed by atoms with van der Waals surface area (Å²) < 4.78 is 1.84. The summed E-state index contributed by atoms with van der Waals surface area (Å²) in [5.74, 6) is 0.834. The summed E-state index contributed by atoms with van der Waals surface area (Å²) in [6.07, 6.45) is 8.54. The van der Waals surface area contributed by atoms with Crippen LogP contribution in [-0.4, -0.2) is 48.5 Å². The molecular weight excluding hydrogens is 372 g/mol. The minimum atomic E-state index is -0.0819. The second kappa shape index (κ2) is 7.12. The third-order valence-electron chi connectivity index (χ3n) is 5.01. The van der Waals surface area contributed by atoms with Gasteiger partial charge in [0.05, 0.1) is 6.20 Å². The van der Waals surface area contributed by atoms with Gasteiger partial charge in [-0.3, -0.25) is 9.78 Å². The average Bonchev–Trinajstić information content (AvgIpc) is 3.43. The van der Waals surface area contributed by atoms with E-state index in [1.807, 2.05) is 27.7 Å². The summed E-state index contributed by atoms with van der Waals surface area (Å²) in [6, 6.07) is 8.21. The molecule has 0 bridgehead atoms. The molecule has 5 heterocycles. The Labute approximate surface area is 165 Å². The molecular formula is C20H18N6OS. The number of carbonyl (C=O) groups excluding carboxylic acids is 1. The standard InChI is InChI=1S/C20H18N6OS/c27-20(16-11-21-7-8-22-16)25-9-1-3-15(12-25)19-23-18-6-5-14(13-26(18)24-19)17-4-2-10-28-17/h2,4-8,10-11,13,15H,1,3,9,12H2. The summed E-state index contributed by atoms with van der Waals surface area (Å²) in [5, 5.41) is 6.78. The molecule has 0 radical (unpaired) electrons. The molecule has 5 rings (SSSR count). The van der Waals surface area contributed by atoms with E-state index < -0.39 is 0 Å². The zero-order valence-electron chi connectivity index (χ0n) is 15.1. The fraction of sp³-hybridized carbons (Fsp3) is 0.250. The number of likely N-dealkylation sites (tertiary alicyclic amines) is 1. The van der Waals surface area contributed by atoms with Crippen molar-refractivity contribution in [3.8, 4) is 10.4 Å². The van der Waals surface area contributed by atoms with Crippen molar-refractivity contribution >= 4 is 22.9 Å². The van der Waals surface area contributed by atoms with Crippen molar-refractivity contribution in [1.82, 2.24) is 29.5 Å². The highest BCUT2D eigenvalue weighted by Crippen LogP contribution is 2.28. The number of aromatic nitrogens is 5. The zero-order chi connectivity index (χ0) is 18.9. The number of fused-ring (bicyclic) bond motifs is 1. The summed E-state index contributed by atoms with van der Waals surface area (Å²) in [7, 11) is 0. The molecule has 0 aliphatic carbocycles. The number of thiophene rings is 1. The SMILES string of the molecule is O=C(c1cnccn1)N1CCCC(c2nc3ccc(-c4cccs4)cn3n2)C1. The lowest BCUT2D eigenvalue weighted by Gasteiger charge is -2.31. The van der Waals surface area contributed by atoms with Gasteiger partial charge in [0.2, 0.25) is 0 Å². The molecule has 1 aliphatic heterocycles. The Hall–Kier alpha value is -3.13. The lowest BCUT2D eigenvalue weighted by molar-refractivity contribution is 0.0698. The number of piperidine rings is 1. The largest absolute Gasteiger partial charge is 0.337 e. The lowest BCUT2D eigenvalue weighted by Crippen LogP contribution is -2.39. The Bertz CT molecular complexity index is 1110. The van der Waals surface area contributed by atoms with Gasteiger partial charge in [-0.25, -0.2) is 14.5 Å². The van der Waals surface area contributed by atoms with Crippen LogP contribution in [0.4, 0.5) is 0 Å². The molecule has 0 spiro atoms. The fourth-order valence-electron chi connectivity index (χ4n) is 3.61. The van der Waals surface area contributed by atoms with Gasteiger partial charge < -0.3 is 4.90 Å². The molecule has 1 fully saturated rings. The maximum Gasteiger partial charge on any atom is 0.274 e. The molecule has 1 atom stereocenters. The topological polar surface area (TPSA) is 76.3 Å². The van der Waals surface area contributed by atoms with Crippen LogP contribution in [0.15, 0.2) is 54.4 Å². The van der Waals surface area contributed by atoms with Crippen LogP contribution in [0.1, 0.15) is 35.1 Å². The van der Waals surface area contributed by atoms with Gasteiger partial charge in [-0.05, 0) is 36.4 Å². The maximum atomic E-state index is 12.7. The molecule has 1 aliphatic rings. The van der Waals surface area contributed by atoms with E-state index in [4.69, 9.17) is 10.1 Å². The van der Waals surface area contributed by atoms with Crippen LogP contribution in [0.5, 0.6) is 0 Å². The Morgan fingerprint density at radius 2 is 2.18 bits per heavy atom. The molecule has 0 N–H and O–H groups in total. The molecule has 4 aromatic rings. The van der Waals surface area contributed by atoms with Crippen LogP contribution in [-0.2, 0) is 0 Å². The predicted octanol–water partition coefficient (Wildman–Crippen LogP) is 3.27. The van der Waals surface area contributed by atoms with Crippen molar-refractivity contribution in [2.24, 2.45) is 0 Å². The molecule has 4 aromatic heterocycles. The molecule has 7 nitrogen and oxygen atoms in total. The summed E-state index contributed by atoms with van der Waals surface area (Å²) >= 11 is 1.70. The number of nitrogens with zero attached hydrogens (tertiary/aromatic N) is 6. The van der Waals surface area contributed by atoms with Gasteiger partial charge in [-0.15, -0.1) is 11.3 Å². The normalized spacial score (nSPS) is 17.1. The molecule has 0 saturated carbocycles. The van der Waals surface area contributed by atoms with Gasteiger partial charge in [0.15, 0.2) is 11.5 Å². The Kier molecular flexibility index (Phi) is 4.32. The van der Waals surface area contributed by atoms with E-state index in [0.717, 1.165) is 36.4 Å². The molecule has 1 amide bonds. The Morgan fingerprint density at radius 1 is 1.21 bits per heavy atom. The molecule has 0 aromatic carbocycles. The van der Waals surface area contributed by atoms with Crippen LogP contribution in [0.3, 0.4) is 0 Å². The number of pyridine rings is 1. The summed E-state index contributed by atoms with van der Waals surface area (Å²) in [5.41, 5.74) is 2.33. The lowest BCUT2D eigenvalue weighted by atomic mass is 9.97. The van der Waals surface area contributed by atoms with Crippen LogP contribution in [0, 0.1) is 0 Å². The number of rotatable bonds is 3. The van der Waals surface area contributed by atoms with E-state index in [1.165, 1.54) is 11.1 Å². The van der Waals surface area contributed by atoms with Crippen molar-refractivity contribution < 1.29 is 4.79 Å². The number of hydrogen-bond donors (Lipinski definition) is 0. The minimum Gasteiger partial charge on any atom is -0.337 e. The van der Waals surface area contributed by atoms with Gasteiger partial charge >= 0.3 is 0 Å². The van der Waals surface area contributed by atoms with Crippen LogP contribution in [0.25, 0.3) is 16.1 Å². The molecule has 8 heteroatoms. The fourth-order valence-corrected chi connectivity index (χ4v) is 4.32. The Balaban J connectivity index is 1.39. The van der Waals surface area contributed by atoms with Crippen LogP contribution in [0.2, 0.25) is 0 Å². The van der Waals surface area contributed by atoms with Crippen molar-refractivity contribution in [2.45, 2.75) is 18.8 Å². The quantitative estimate of drug-likeness (QED) is 0.537. The van der Waals surface area contributed by atoms with Crippen LogP contribution >= 0.6 is 11.3 Å². The number of hydrogen-bond acceptors (Lipinski definition) is 6. The first-order valence-corrected chi connectivity index (χ1v) is 10.1. The van der Waals surface area contributed by atoms with Crippen molar-refractivity contribution in [2.75, 3.05) is 13.1 Å². The van der Waals surface area contributed by atoms with Crippen molar-refractivity contribution in [3.63, 3.8) is 0 Å². The first kappa shape index (κ1) is 17.0. The second-order valence-electron chi connectivity index (χ2n) is 6.85. The predicted molar refractivity (Wildman–Crippen MR) is 106 cm³/mol. The highest BCUT2D eigenvalue weighted by Gasteiger charge is 2.28. The smallest absolute Gasteiger partial charge is 0.274 e. The monoisotopic (exact) mass is 390 g/mol.